The average molecular weight is 241 g/mol. The molecule has 0 fully saturated rings. The number of carbonyl (C=O) groups excluding carboxylic acids is 1. The van der Waals surface area contributed by atoms with Gasteiger partial charge in [-0.15, -0.1) is 0 Å². The summed E-state index contributed by atoms with van der Waals surface area (Å²) in [6.07, 6.45) is 5.50. The SMILES string of the molecule is CCCCN(CC=C(C)C(=O)OC)C(C)CC. The number of nitrogens with zero attached hydrogens (tertiary/aromatic N) is 1. The van der Waals surface area contributed by atoms with E-state index in [0.29, 0.717) is 11.6 Å². The second kappa shape index (κ2) is 9.23. The summed E-state index contributed by atoms with van der Waals surface area (Å²) in [6, 6.07) is 0.559. The van der Waals surface area contributed by atoms with Crippen molar-refractivity contribution in [1.29, 1.82) is 0 Å². The summed E-state index contributed by atoms with van der Waals surface area (Å²) >= 11 is 0. The fourth-order valence-corrected chi connectivity index (χ4v) is 1.61. The summed E-state index contributed by atoms with van der Waals surface area (Å²) < 4.78 is 4.69. The predicted octanol–water partition coefficient (Wildman–Crippen LogP) is 3.01. The molecule has 100 valence electrons. The predicted molar refractivity (Wildman–Crippen MR) is 72.0 cm³/mol. The Balaban J connectivity index is 4.37. The van der Waals surface area contributed by atoms with Crippen LogP contribution in [-0.4, -0.2) is 37.1 Å². The molecule has 0 radical (unpaired) electrons. The Morgan fingerprint density at radius 2 is 2.06 bits per heavy atom. The third-order valence-corrected chi connectivity index (χ3v) is 3.15. The van der Waals surface area contributed by atoms with Crippen molar-refractivity contribution in [1.82, 2.24) is 4.90 Å². The third kappa shape index (κ3) is 6.47. The summed E-state index contributed by atoms with van der Waals surface area (Å²) in [7, 11) is 1.42. The van der Waals surface area contributed by atoms with Gasteiger partial charge in [-0.2, -0.15) is 0 Å². The molecule has 0 saturated carbocycles. The molecule has 3 heteroatoms. The molecule has 0 aliphatic carbocycles. The van der Waals surface area contributed by atoms with Crippen molar-refractivity contribution in [2.75, 3.05) is 20.2 Å². The number of hydrogen-bond donors (Lipinski definition) is 0. The number of methoxy groups -OCH3 is 1. The quantitative estimate of drug-likeness (QED) is 0.483. The van der Waals surface area contributed by atoms with Crippen LogP contribution in [0.15, 0.2) is 11.6 Å². The Morgan fingerprint density at radius 1 is 1.41 bits per heavy atom. The molecule has 17 heavy (non-hydrogen) atoms. The highest BCUT2D eigenvalue weighted by atomic mass is 16.5. The van der Waals surface area contributed by atoms with Crippen LogP contribution >= 0.6 is 0 Å². The minimum Gasteiger partial charge on any atom is -0.466 e. The molecule has 0 N–H and O–H groups in total. The highest BCUT2D eigenvalue weighted by Gasteiger charge is 2.11. The van der Waals surface area contributed by atoms with Crippen LogP contribution in [0.2, 0.25) is 0 Å². The van der Waals surface area contributed by atoms with E-state index in [1.807, 2.05) is 6.08 Å². The largest absolute Gasteiger partial charge is 0.466 e. The number of rotatable bonds is 8. The summed E-state index contributed by atoms with van der Waals surface area (Å²) in [4.78, 5) is 13.7. The van der Waals surface area contributed by atoms with E-state index in [1.54, 1.807) is 6.92 Å². The van der Waals surface area contributed by atoms with Crippen LogP contribution in [-0.2, 0) is 9.53 Å². The summed E-state index contributed by atoms with van der Waals surface area (Å²) in [5, 5.41) is 0. The molecular formula is C14H27NO2. The van der Waals surface area contributed by atoms with Gasteiger partial charge in [0.05, 0.1) is 7.11 Å². The molecule has 0 spiro atoms. The number of ether oxygens (including phenoxy) is 1. The Morgan fingerprint density at radius 3 is 2.53 bits per heavy atom. The smallest absolute Gasteiger partial charge is 0.333 e. The Labute approximate surface area is 106 Å². The van der Waals surface area contributed by atoms with Gasteiger partial charge in [0.2, 0.25) is 0 Å². The molecule has 0 bridgehead atoms. The van der Waals surface area contributed by atoms with E-state index in [-0.39, 0.29) is 5.97 Å². The zero-order valence-corrected chi connectivity index (χ0v) is 12.0. The van der Waals surface area contributed by atoms with Gasteiger partial charge in [0.25, 0.3) is 0 Å². The van der Waals surface area contributed by atoms with Gasteiger partial charge in [-0.25, -0.2) is 4.79 Å². The molecule has 0 aromatic rings. The van der Waals surface area contributed by atoms with E-state index in [2.05, 4.69) is 30.4 Å². The van der Waals surface area contributed by atoms with Gasteiger partial charge < -0.3 is 4.74 Å². The summed E-state index contributed by atoms with van der Waals surface area (Å²) in [5.74, 6) is -0.232. The number of hydrogen-bond acceptors (Lipinski definition) is 3. The molecule has 1 atom stereocenters. The Hall–Kier alpha value is -0.830. The van der Waals surface area contributed by atoms with E-state index in [9.17, 15) is 4.79 Å². The molecule has 0 aromatic heterocycles. The van der Waals surface area contributed by atoms with E-state index >= 15 is 0 Å². The van der Waals surface area contributed by atoms with Gasteiger partial charge in [0.15, 0.2) is 0 Å². The van der Waals surface area contributed by atoms with Crippen molar-refractivity contribution in [3.05, 3.63) is 11.6 Å². The minimum atomic E-state index is -0.232. The maximum Gasteiger partial charge on any atom is 0.333 e. The molecule has 0 heterocycles. The fourth-order valence-electron chi connectivity index (χ4n) is 1.61. The first-order valence-electron chi connectivity index (χ1n) is 6.55. The van der Waals surface area contributed by atoms with Crippen molar-refractivity contribution in [2.45, 2.75) is 53.0 Å². The van der Waals surface area contributed by atoms with Crippen molar-refractivity contribution in [3.63, 3.8) is 0 Å². The molecule has 1 unspecified atom stereocenters. The Bertz CT molecular complexity index is 249. The number of carbonyl (C=O) groups is 1. The number of unbranched alkanes of at least 4 members (excludes halogenated alkanes) is 1. The molecule has 0 aliphatic rings. The lowest BCUT2D eigenvalue weighted by Crippen LogP contribution is -2.34. The maximum atomic E-state index is 11.3. The van der Waals surface area contributed by atoms with Gasteiger partial charge in [-0.1, -0.05) is 26.3 Å². The van der Waals surface area contributed by atoms with Gasteiger partial charge in [0.1, 0.15) is 0 Å². The topological polar surface area (TPSA) is 29.5 Å². The molecule has 0 aromatic carbocycles. The third-order valence-electron chi connectivity index (χ3n) is 3.15. The zero-order valence-electron chi connectivity index (χ0n) is 12.0. The highest BCUT2D eigenvalue weighted by Crippen LogP contribution is 2.07. The van der Waals surface area contributed by atoms with Gasteiger partial charge in [-0.05, 0) is 33.2 Å². The minimum absolute atomic E-state index is 0.232. The van der Waals surface area contributed by atoms with Crippen molar-refractivity contribution >= 4 is 5.97 Å². The van der Waals surface area contributed by atoms with E-state index in [1.165, 1.54) is 20.0 Å². The van der Waals surface area contributed by atoms with Gasteiger partial charge >= 0.3 is 5.97 Å². The van der Waals surface area contributed by atoms with Crippen molar-refractivity contribution in [3.8, 4) is 0 Å². The van der Waals surface area contributed by atoms with Crippen LogP contribution in [0.3, 0.4) is 0 Å². The first-order chi connectivity index (χ1) is 8.06. The monoisotopic (exact) mass is 241 g/mol. The van der Waals surface area contributed by atoms with Crippen molar-refractivity contribution in [2.24, 2.45) is 0 Å². The molecular weight excluding hydrogens is 214 g/mol. The van der Waals surface area contributed by atoms with Crippen LogP contribution in [0, 0.1) is 0 Å². The summed E-state index contributed by atoms with van der Waals surface area (Å²) in [5.41, 5.74) is 0.692. The molecule has 0 aliphatic heterocycles. The lowest BCUT2D eigenvalue weighted by atomic mass is 10.2. The normalized spacial score (nSPS) is 13.9. The standard InChI is InChI=1S/C14H27NO2/c1-6-8-10-15(13(4)7-2)11-9-12(3)14(16)17-5/h9,13H,6-8,10-11H2,1-5H3. The van der Waals surface area contributed by atoms with Gasteiger partial charge in [0, 0.05) is 18.2 Å². The first-order valence-corrected chi connectivity index (χ1v) is 6.55. The summed E-state index contributed by atoms with van der Waals surface area (Å²) in [6.45, 7) is 10.4. The molecule has 0 amide bonds. The highest BCUT2D eigenvalue weighted by molar-refractivity contribution is 5.87. The molecule has 0 saturated heterocycles. The van der Waals surface area contributed by atoms with Gasteiger partial charge in [-0.3, -0.25) is 4.90 Å². The second-order valence-corrected chi connectivity index (χ2v) is 4.48. The fraction of sp³-hybridized carbons (Fsp3) is 0.786. The van der Waals surface area contributed by atoms with E-state index in [4.69, 9.17) is 0 Å². The number of esters is 1. The van der Waals surface area contributed by atoms with E-state index in [0.717, 1.165) is 19.5 Å². The van der Waals surface area contributed by atoms with E-state index < -0.39 is 0 Å². The van der Waals surface area contributed by atoms with Crippen LogP contribution in [0.4, 0.5) is 0 Å². The molecule has 0 rings (SSSR count). The molecule has 3 nitrogen and oxygen atoms in total. The average Bonchev–Trinajstić information content (AvgIpc) is 2.36. The van der Waals surface area contributed by atoms with Crippen LogP contribution in [0.1, 0.15) is 47.0 Å². The first kappa shape index (κ1) is 16.2. The van der Waals surface area contributed by atoms with Crippen LogP contribution in [0.25, 0.3) is 0 Å². The maximum absolute atomic E-state index is 11.3. The lowest BCUT2D eigenvalue weighted by molar-refractivity contribution is -0.136. The Kier molecular flexibility index (Phi) is 8.78. The zero-order chi connectivity index (χ0) is 13.3. The van der Waals surface area contributed by atoms with Crippen molar-refractivity contribution < 1.29 is 9.53 Å². The lowest BCUT2D eigenvalue weighted by Gasteiger charge is -2.27. The van der Waals surface area contributed by atoms with Crippen LogP contribution < -0.4 is 0 Å². The van der Waals surface area contributed by atoms with Crippen LogP contribution in [0.5, 0.6) is 0 Å². The second-order valence-electron chi connectivity index (χ2n) is 4.48.